The first-order valence-electron chi connectivity index (χ1n) is 11.2. The van der Waals surface area contributed by atoms with Crippen molar-refractivity contribution in [3.63, 3.8) is 0 Å². The highest BCUT2D eigenvalue weighted by Crippen LogP contribution is 2.42. The molecule has 0 aliphatic carbocycles. The van der Waals surface area contributed by atoms with Gasteiger partial charge in [0.05, 0.1) is 22.1 Å². The maximum atomic E-state index is 6.30. The van der Waals surface area contributed by atoms with E-state index in [0.717, 1.165) is 22.6 Å². The van der Waals surface area contributed by atoms with Gasteiger partial charge in [0.2, 0.25) is 0 Å². The third-order valence-electron chi connectivity index (χ3n) is 6.62. The van der Waals surface area contributed by atoms with Crippen molar-refractivity contribution < 1.29 is 0 Å². The zero-order valence-electron chi connectivity index (χ0n) is 17.9. The van der Waals surface area contributed by atoms with Crippen molar-refractivity contribution >= 4 is 49.3 Å². The molecule has 33 heavy (non-hydrogen) atoms. The molecule has 2 N–H and O–H groups in total. The fourth-order valence-corrected chi connectivity index (χ4v) is 5.30. The summed E-state index contributed by atoms with van der Waals surface area (Å²) in [7, 11) is 0. The van der Waals surface area contributed by atoms with E-state index >= 15 is 0 Å². The van der Waals surface area contributed by atoms with E-state index < -0.39 is 0 Å². The minimum absolute atomic E-state index is 0.776. The van der Waals surface area contributed by atoms with E-state index in [1.807, 2.05) is 6.07 Å². The van der Waals surface area contributed by atoms with Crippen molar-refractivity contribution in [2.45, 2.75) is 0 Å². The normalized spacial score (nSPS) is 11.8. The van der Waals surface area contributed by atoms with Gasteiger partial charge in [-0.05, 0) is 60.7 Å². The summed E-state index contributed by atoms with van der Waals surface area (Å²) in [4.78, 5) is 0. The first-order chi connectivity index (χ1) is 16.3. The van der Waals surface area contributed by atoms with Gasteiger partial charge < -0.3 is 14.9 Å². The minimum atomic E-state index is 0.776. The number of anilines is 1. The number of aromatic nitrogens is 2. The Morgan fingerprint density at radius 3 is 1.55 bits per heavy atom. The second-order valence-corrected chi connectivity index (χ2v) is 8.49. The van der Waals surface area contributed by atoms with Crippen LogP contribution in [0.3, 0.4) is 0 Å². The van der Waals surface area contributed by atoms with E-state index in [4.69, 9.17) is 5.73 Å². The quantitative estimate of drug-likeness (QED) is 0.288. The van der Waals surface area contributed by atoms with Crippen molar-refractivity contribution in [3.05, 3.63) is 115 Å². The number of nitrogens with two attached hydrogens (primary N) is 1. The molecule has 3 heteroatoms. The van der Waals surface area contributed by atoms with Crippen LogP contribution in [-0.4, -0.2) is 9.13 Å². The van der Waals surface area contributed by atoms with Crippen LogP contribution in [0.4, 0.5) is 5.69 Å². The Labute approximate surface area is 190 Å². The van der Waals surface area contributed by atoms with Crippen LogP contribution in [0.25, 0.3) is 55.0 Å². The van der Waals surface area contributed by atoms with Crippen LogP contribution in [-0.2, 0) is 0 Å². The lowest BCUT2D eigenvalue weighted by atomic mass is 10.1. The van der Waals surface area contributed by atoms with Gasteiger partial charge in [0.15, 0.2) is 0 Å². The molecule has 0 spiro atoms. The molecule has 7 aromatic rings. The Kier molecular flexibility index (Phi) is 3.70. The largest absolute Gasteiger partial charge is 0.399 e. The molecule has 0 saturated carbocycles. The third kappa shape index (κ3) is 2.50. The topological polar surface area (TPSA) is 35.9 Å². The highest BCUT2D eigenvalue weighted by molar-refractivity contribution is 6.29. The molecule has 0 aliphatic rings. The molecule has 3 nitrogen and oxygen atoms in total. The second kappa shape index (κ2) is 6.75. The SMILES string of the molecule is Nc1ccc2c(c1)c1c3c4ccccc4n(-c4ccccc4)c3ccc1n2-c1ccccc1. The van der Waals surface area contributed by atoms with Gasteiger partial charge in [0.1, 0.15) is 0 Å². The number of para-hydroxylation sites is 3. The summed E-state index contributed by atoms with van der Waals surface area (Å²) in [5.41, 5.74) is 14.1. The summed E-state index contributed by atoms with van der Waals surface area (Å²) in [6, 6.07) is 40.6. The van der Waals surface area contributed by atoms with Crippen molar-refractivity contribution in [2.75, 3.05) is 5.73 Å². The van der Waals surface area contributed by atoms with Crippen molar-refractivity contribution in [3.8, 4) is 11.4 Å². The molecule has 0 bridgehead atoms. The molecule has 0 aliphatic heterocycles. The van der Waals surface area contributed by atoms with Crippen LogP contribution in [0.15, 0.2) is 115 Å². The van der Waals surface area contributed by atoms with Gasteiger partial charge in [-0.25, -0.2) is 0 Å². The molecule has 5 aromatic carbocycles. The molecular formula is C30H21N3. The lowest BCUT2D eigenvalue weighted by Crippen LogP contribution is -1.94. The fraction of sp³-hybridized carbons (Fsp3) is 0. The van der Waals surface area contributed by atoms with Crippen molar-refractivity contribution in [1.29, 1.82) is 0 Å². The van der Waals surface area contributed by atoms with E-state index in [1.165, 1.54) is 38.1 Å². The first kappa shape index (κ1) is 18.1. The van der Waals surface area contributed by atoms with E-state index in [2.05, 4.69) is 118 Å². The lowest BCUT2D eigenvalue weighted by molar-refractivity contribution is 1.17. The Hall–Kier alpha value is -4.50. The van der Waals surface area contributed by atoms with E-state index in [-0.39, 0.29) is 0 Å². The third-order valence-corrected chi connectivity index (χ3v) is 6.62. The molecule has 7 rings (SSSR count). The smallest absolute Gasteiger partial charge is 0.0548 e. The van der Waals surface area contributed by atoms with Crippen LogP contribution in [0.5, 0.6) is 0 Å². The first-order valence-corrected chi connectivity index (χ1v) is 11.2. The molecule has 156 valence electrons. The van der Waals surface area contributed by atoms with Crippen molar-refractivity contribution in [2.24, 2.45) is 0 Å². The molecule has 0 saturated heterocycles. The Morgan fingerprint density at radius 2 is 0.909 bits per heavy atom. The number of nitrogen functional groups attached to an aromatic ring is 1. The average molecular weight is 424 g/mol. The average Bonchev–Trinajstić information content (AvgIpc) is 3.37. The molecule has 0 radical (unpaired) electrons. The summed E-state index contributed by atoms with van der Waals surface area (Å²) in [5, 5.41) is 4.92. The van der Waals surface area contributed by atoms with Crippen LogP contribution in [0.1, 0.15) is 0 Å². The van der Waals surface area contributed by atoms with Crippen LogP contribution < -0.4 is 5.73 Å². The highest BCUT2D eigenvalue weighted by Gasteiger charge is 2.20. The molecule has 0 unspecified atom stereocenters. The Bertz CT molecular complexity index is 1810. The molecular weight excluding hydrogens is 402 g/mol. The predicted molar refractivity (Wildman–Crippen MR) is 140 cm³/mol. The van der Waals surface area contributed by atoms with Gasteiger partial charge in [-0.2, -0.15) is 0 Å². The standard InChI is InChI=1S/C30H21N3/c31-20-15-16-26-24(19-20)30-28(33(26)22-11-5-2-6-12-22)18-17-27-29(30)23-13-7-8-14-25(23)32(27)21-9-3-1-4-10-21/h1-19H,31H2. The highest BCUT2D eigenvalue weighted by atomic mass is 15.0. The zero-order chi connectivity index (χ0) is 21.9. The molecule has 0 atom stereocenters. The summed E-state index contributed by atoms with van der Waals surface area (Å²) >= 11 is 0. The zero-order valence-corrected chi connectivity index (χ0v) is 17.9. The molecule has 2 aromatic heterocycles. The van der Waals surface area contributed by atoms with Gasteiger partial charge in [0, 0.05) is 38.6 Å². The van der Waals surface area contributed by atoms with Crippen LogP contribution in [0.2, 0.25) is 0 Å². The number of hydrogen-bond donors (Lipinski definition) is 1. The fourth-order valence-electron chi connectivity index (χ4n) is 5.30. The van der Waals surface area contributed by atoms with E-state index in [1.54, 1.807) is 0 Å². The summed E-state index contributed by atoms with van der Waals surface area (Å²) in [6.07, 6.45) is 0. The number of hydrogen-bond acceptors (Lipinski definition) is 1. The number of fused-ring (bicyclic) bond motifs is 7. The monoisotopic (exact) mass is 423 g/mol. The van der Waals surface area contributed by atoms with Gasteiger partial charge in [-0.3, -0.25) is 0 Å². The van der Waals surface area contributed by atoms with Gasteiger partial charge >= 0.3 is 0 Å². The maximum Gasteiger partial charge on any atom is 0.0548 e. The molecule has 2 heterocycles. The van der Waals surface area contributed by atoms with Gasteiger partial charge in [-0.15, -0.1) is 0 Å². The van der Waals surface area contributed by atoms with E-state index in [9.17, 15) is 0 Å². The Morgan fingerprint density at radius 1 is 0.424 bits per heavy atom. The van der Waals surface area contributed by atoms with Gasteiger partial charge in [-0.1, -0.05) is 54.6 Å². The van der Waals surface area contributed by atoms with Crippen LogP contribution in [0, 0.1) is 0 Å². The van der Waals surface area contributed by atoms with E-state index in [0.29, 0.717) is 0 Å². The Balaban J connectivity index is 1.75. The summed E-state index contributed by atoms with van der Waals surface area (Å²) < 4.78 is 4.71. The number of benzene rings is 5. The summed E-state index contributed by atoms with van der Waals surface area (Å²) in [5.74, 6) is 0. The maximum absolute atomic E-state index is 6.30. The predicted octanol–water partition coefficient (Wildman–Crippen LogP) is 7.46. The minimum Gasteiger partial charge on any atom is -0.399 e. The number of nitrogens with zero attached hydrogens (tertiary/aromatic N) is 2. The molecule has 0 amide bonds. The second-order valence-electron chi connectivity index (χ2n) is 8.49. The van der Waals surface area contributed by atoms with Crippen LogP contribution >= 0.6 is 0 Å². The van der Waals surface area contributed by atoms with Gasteiger partial charge in [0.25, 0.3) is 0 Å². The van der Waals surface area contributed by atoms with Crippen molar-refractivity contribution in [1.82, 2.24) is 9.13 Å². The lowest BCUT2D eigenvalue weighted by Gasteiger charge is -2.09. The summed E-state index contributed by atoms with van der Waals surface area (Å²) in [6.45, 7) is 0. The molecule has 0 fully saturated rings. The number of rotatable bonds is 2.